The highest BCUT2D eigenvalue weighted by atomic mass is 35.5. The van der Waals surface area contributed by atoms with Crippen molar-refractivity contribution < 1.29 is 9.90 Å². The van der Waals surface area contributed by atoms with Crippen LogP contribution in [-0.2, 0) is 0 Å². The number of hydrogen-bond donors (Lipinski definition) is 1. The van der Waals surface area contributed by atoms with Crippen LogP contribution in [0, 0.1) is 12.8 Å². The summed E-state index contributed by atoms with van der Waals surface area (Å²) >= 11 is 6.48. The van der Waals surface area contributed by atoms with E-state index in [1.807, 2.05) is 24.3 Å². The van der Waals surface area contributed by atoms with Gasteiger partial charge in [0.1, 0.15) is 0 Å². The van der Waals surface area contributed by atoms with Gasteiger partial charge in [-0.25, -0.2) is 0 Å². The molecule has 4 heteroatoms. The van der Waals surface area contributed by atoms with Crippen molar-refractivity contribution in [2.45, 2.75) is 25.3 Å². The van der Waals surface area contributed by atoms with Crippen LogP contribution in [0.15, 0.2) is 48.6 Å². The van der Waals surface area contributed by atoms with Gasteiger partial charge in [-0.3, -0.25) is 0 Å². The maximum atomic E-state index is 11.0. The minimum absolute atomic E-state index is 0.130. The first-order valence-electron chi connectivity index (χ1n) is 8.10. The molecule has 0 radical (unpaired) electrons. The van der Waals surface area contributed by atoms with Gasteiger partial charge < -0.3 is 15.2 Å². The summed E-state index contributed by atoms with van der Waals surface area (Å²) in [5.74, 6) is -0.475. The van der Waals surface area contributed by atoms with Gasteiger partial charge in [0.25, 0.3) is 0 Å². The molecule has 1 aliphatic carbocycles. The Morgan fingerprint density at radius 2 is 1.96 bits per heavy atom. The Morgan fingerprint density at radius 1 is 1.21 bits per heavy atom. The highest BCUT2D eigenvalue weighted by Gasteiger charge is 2.39. The number of nitrogens with one attached hydrogen (secondary N) is 1. The highest BCUT2D eigenvalue weighted by Crippen LogP contribution is 2.52. The fourth-order valence-electron chi connectivity index (χ4n) is 3.97. The summed E-state index contributed by atoms with van der Waals surface area (Å²) < 4.78 is 0. The van der Waals surface area contributed by atoms with Crippen molar-refractivity contribution in [3.05, 3.63) is 75.8 Å². The van der Waals surface area contributed by atoms with Crippen LogP contribution >= 0.6 is 11.6 Å². The van der Waals surface area contributed by atoms with Crippen LogP contribution in [0.2, 0.25) is 5.02 Å². The van der Waals surface area contributed by atoms with Gasteiger partial charge in [0.05, 0.1) is 12.0 Å². The Labute approximate surface area is 146 Å². The average Bonchev–Trinajstić information content (AvgIpc) is 3.07. The van der Waals surface area contributed by atoms with Crippen LogP contribution in [0.5, 0.6) is 0 Å². The zero-order valence-corrected chi connectivity index (χ0v) is 14.0. The standard InChI is InChI=1S/C20H18ClNO2/c1-11-5-10-16(21)17-14-3-2-4-15(14)19(22-18(11)17)12-6-8-13(9-7-12)20(23)24/h2-3,5-10,14-15,19,22H,4H2,1H3,(H,23,24)/p-1/t14-,15-,19-/m0/s1. The monoisotopic (exact) mass is 338 g/mol. The number of rotatable bonds is 2. The molecule has 1 N–H and O–H groups in total. The van der Waals surface area contributed by atoms with Crippen LogP contribution in [0.1, 0.15) is 45.4 Å². The van der Waals surface area contributed by atoms with Gasteiger partial charge in [0.2, 0.25) is 0 Å². The van der Waals surface area contributed by atoms with Crippen molar-refractivity contribution in [2.24, 2.45) is 5.92 Å². The lowest BCUT2D eigenvalue weighted by molar-refractivity contribution is -0.255. The van der Waals surface area contributed by atoms with Crippen molar-refractivity contribution in [2.75, 3.05) is 5.32 Å². The van der Waals surface area contributed by atoms with Crippen molar-refractivity contribution >= 4 is 23.3 Å². The smallest absolute Gasteiger partial charge is 0.0715 e. The molecule has 0 aromatic heterocycles. The molecule has 3 nitrogen and oxygen atoms in total. The summed E-state index contributed by atoms with van der Waals surface area (Å²) in [6.45, 7) is 2.08. The normalized spacial score (nSPS) is 24.2. The molecule has 2 aromatic carbocycles. The third-order valence-electron chi connectivity index (χ3n) is 5.18. The van der Waals surface area contributed by atoms with E-state index >= 15 is 0 Å². The van der Waals surface area contributed by atoms with Gasteiger partial charge >= 0.3 is 0 Å². The summed E-state index contributed by atoms with van der Waals surface area (Å²) in [6.07, 6.45) is 5.44. The highest BCUT2D eigenvalue weighted by molar-refractivity contribution is 6.32. The quantitative estimate of drug-likeness (QED) is 0.846. The zero-order valence-electron chi connectivity index (χ0n) is 13.3. The number of carbonyl (C=O) groups is 1. The molecule has 0 unspecified atom stereocenters. The number of aryl methyl sites for hydroxylation is 1. The number of halogens is 1. The Balaban J connectivity index is 1.78. The Hall–Kier alpha value is -2.26. The molecule has 0 fully saturated rings. The maximum Gasteiger partial charge on any atom is 0.0715 e. The predicted octanol–water partition coefficient (Wildman–Crippen LogP) is 3.84. The van der Waals surface area contributed by atoms with Crippen LogP contribution in [0.25, 0.3) is 0 Å². The first-order valence-corrected chi connectivity index (χ1v) is 8.47. The lowest BCUT2D eigenvalue weighted by Crippen LogP contribution is -2.30. The van der Waals surface area contributed by atoms with Gasteiger partial charge in [0, 0.05) is 22.2 Å². The second-order valence-electron chi connectivity index (χ2n) is 6.54. The molecule has 0 saturated heterocycles. The van der Waals surface area contributed by atoms with Crippen molar-refractivity contribution in [1.29, 1.82) is 0 Å². The number of carbonyl (C=O) groups excluding carboxylic acids is 1. The summed E-state index contributed by atoms with van der Waals surface area (Å²) in [6, 6.07) is 11.1. The van der Waals surface area contributed by atoms with E-state index in [9.17, 15) is 9.90 Å². The van der Waals surface area contributed by atoms with E-state index < -0.39 is 5.97 Å². The Morgan fingerprint density at radius 3 is 2.67 bits per heavy atom. The molecule has 24 heavy (non-hydrogen) atoms. The molecule has 4 rings (SSSR count). The van der Waals surface area contributed by atoms with Crippen molar-refractivity contribution in [3.8, 4) is 0 Å². The predicted molar refractivity (Wildman–Crippen MR) is 93.3 cm³/mol. The Kier molecular flexibility index (Phi) is 3.61. The van der Waals surface area contributed by atoms with Crippen LogP contribution in [-0.4, -0.2) is 5.97 Å². The summed E-state index contributed by atoms with van der Waals surface area (Å²) in [5.41, 5.74) is 4.74. The minimum atomic E-state index is -1.15. The molecule has 2 aromatic rings. The number of allylic oxidation sites excluding steroid dienone is 2. The van der Waals surface area contributed by atoms with Gasteiger partial charge in [-0.1, -0.05) is 54.1 Å². The van der Waals surface area contributed by atoms with E-state index in [0.29, 0.717) is 11.8 Å². The van der Waals surface area contributed by atoms with E-state index in [0.717, 1.165) is 22.7 Å². The third kappa shape index (κ3) is 2.31. The molecular weight excluding hydrogens is 322 g/mol. The SMILES string of the molecule is Cc1ccc(Cl)c2c1N[C@@H](c1ccc(C(=O)[O-])cc1)[C@H]1CC=C[C@H]21. The number of anilines is 1. The summed E-state index contributed by atoms with van der Waals surface area (Å²) in [7, 11) is 0. The van der Waals surface area contributed by atoms with E-state index in [4.69, 9.17) is 11.6 Å². The van der Waals surface area contributed by atoms with E-state index in [1.54, 1.807) is 12.1 Å². The molecule has 1 heterocycles. The van der Waals surface area contributed by atoms with E-state index in [1.165, 1.54) is 11.1 Å². The van der Waals surface area contributed by atoms with Gasteiger partial charge in [-0.15, -0.1) is 0 Å². The second-order valence-corrected chi connectivity index (χ2v) is 6.95. The first kappa shape index (κ1) is 15.3. The molecule has 1 aliphatic heterocycles. The number of benzene rings is 2. The summed E-state index contributed by atoms with van der Waals surface area (Å²) in [4.78, 5) is 11.0. The topological polar surface area (TPSA) is 52.2 Å². The number of carboxylic acids is 1. The van der Waals surface area contributed by atoms with E-state index in [-0.39, 0.29) is 11.6 Å². The van der Waals surface area contributed by atoms with Crippen molar-refractivity contribution in [3.63, 3.8) is 0 Å². The van der Waals surface area contributed by atoms with Crippen LogP contribution in [0.3, 0.4) is 0 Å². The molecular formula is C20H17ClNO2-. The summed E-state index contributed by atoms with van der Waals surface area (Å²) in [5, 5.41) is 15.4. The average molecular weight is 339 g/mol. The molecule has 0 amide bonds. The second kappa shape index (κ2) is 5.67. The van der Waals surface area contributed by atoms with Gasteiger partial charge in [-0.05, 0) is 42.0 Å². The molecule has 0 spiro atoms. The van der Waals surface area contributed by atoms with E-state index in [2.05, 4.69) is 24.4 Å². The first-order chi connectivity index (χ1) is 11.6. The number of carboxylic acid groups (broad SMARTS) is 1. The van der Waals surface area contributed by atoms with Crippen molar-refractivity contribution in [1.82, 2.24) is 0 Å². The molecule has 2 aliphatic rings. The fourth-order valence-corrected chi connectivity index (χ4v) is 4.25. The maximum absolute atomic E-state index is 11.0. The van der Waals surface area contributed by atoms with Gasteiger partial charge in [-0.2, -0.15) is 0 Å². The number of fused-ring (bicyclic) bond motifs is 3. The number of hydrogen-bond acceptors (Lipinski definition) is 3. The fraction of sp³-hybridized carbons (Fsp3) is 0.250. The van der Waals surface area contributed by atoms with Gasteiger partial charge in [0.15, 0.2) is 0 Å². The van der Waals surface area contributed by atoms with Crippen LogP contribution in [0.4, 0.5) is 5.69 Å². The van der Waals surface area contributed by atoms with Crippen LogP contribution < -0.4 is 10.4 Å². The number of aromatic carboxylic acids is 1. The lowest BCUT2D eigenvalue weighted by atomic mass is 9.76. The molecule has 3 atom stereocenters. The minimum Gasteiger partial charge on any atom is -0.545 e. The molecule has 122 valence electrons. The Bertz CT molecular complexity index is 841. The third-order valence-corrected chi connectivity index (χ3v) is 5.51. The largest absolute Gasteiger partial charge is 0.545 e. The lowest BCUT2D eigenvalue weighted by Gasteiger charge is -2.38. The molecule has 0 bridgehead atoms. The zero-order chi connectivity index (χ0) is 16.8. The molecule has 0 saturated carbocycles.